The highest BCUT2D eigenvalue weighted by molar-refractivity contribution is 6.06. The van der Waals surface area contributed by atoms with E-state index < -0.39 is 18.5 Å². The highest BCUT2D eigenvalue weighted by atomic mass is 16.5. The van der Waals surface area contributed by atoms with Gasteiger partial charge in [0.25, 0.3) is 11.8 Å². The first kappa shape index (κ1) is 20.7. The van der Waals surface area contributed by atoms with Gasteiger partial charge in [-0.15, -0.1) is 0 Å². The third-order valence-electron chi connectivity index (χ3n) is 5.59. The number of carbonyl (C=O) groups excluding carboxylic acids is 3. The first-order valence-electron chi connectivity index (χ1n) is 10.4. The summed E-state index contributed by atoms with van der Waals surface area (Å²) >= 11 is 0. The number of aromatic nitrogens is 1. The van der Waals surface area contributed by atoms with Crippen LogP contribution in [0.1, 0.15) is 46.4 Å². The second-order valence-electron chi connectivity index (χ2n) is 7.80. The fourth-order valence-corrected chi connectivity index (χ4v) is 4.02. The summed E-state index contributed by atoms with van der Waals surface area (Å²) in [7, 11) is 1.85. The Hall–Kier alpha value is -3.61. The fraction of sp³-hybridized carbons (Fsp3) is 0.292. The molecule has 2 amide bonds. The van der Waals surface area contributed by atoms with Gasteiger partial charge in [0.05, 0.1) is 16.8 Å². The molecule has 0 saturated heterocycles. The lowest BCUT2D eigenvalue weighted by Crippen LogP contribution is -2.33. The van der Waals surface area contributed by atoms with Crippen molar-refractivity contribution in [2.75, 3.05) is 11.9 Å². The summed E-state index contributed by atoms with van der Waals surface area (Å²) in [5.41, 5.74) is 2.09. The summed E-state index contributed by atoms with van der Waals surface area (Å²) in [6.45, 7) is -0.444. The summed E-state index contributed by atoms with van der Waals surface area (Å²) in [4.78, 5) is 37.6. The number of para-hydroxylation sites is 2. The van der Waals surface area contributed by atoms with Crippen molar-refractivity contribution in [3.05, 3.63) is 65.9 Å². The van der Waals surface area contributed by atoms with Gasteiger partial charge in [0, 0.05) is 30.2 Å². The van der Waals surface area contributed by atoms with Crippen molar-refractivity contribution >= 4 is 34.4 Å². The summed E-state index contributed by atoms with van der Waals surface area (Å²) < 4.78 is 7.07. The molecule has 2 N–H and O–H groups in total. The normalized spacial score (nSPS) is 13.8. The third-order valence-corrected chi connectivity index (χ3v) is 5.59. The molecule has 3 aromatic rings. The van der Waals surface area contributed by atoms with Crippen molar-refractivity contribution in [2.24, 2.45) is 7.05 Å². The van der Waals surface area contributed by atoms with Gasteiger partial charge >= 0.3 is 5.97 Å². The molecule has 2 aromatic carbocycles. The van der Waals surface area contributed by atoms with E-state index >= 15 is 0 Å². The molecule has 160 valence electrons. The number of rotatable bonds is 6. The number of nitrogens with zero attached hydrogens (tertiary/aromatic N) is 1. The maximum Gasteiger partial charge on any atom is 0.340 e. The molecule has 0 radical (unpaired) electrons. The molecular weight excluding hydrogens is 394 g/mol. The van der Waals surface area contributed by atoms with Crippen LogP contribution in [0, 0.1) is 0 Å². The molecule has 7 heteroatoms. The van der Waals surface area contributed by atoms with E-state index in [0.29, 0.717) is 16.8 Å². The quantitative estimate of drug-likeness (QED) is 0.597. The van der Waals surface area contributed by atoms with Crippen molar-refractivity contribution in [1.29, 1.82) is 0 Å². The van der Waals surface area contributed by atoms with E-state index in [1.165, 1.54) is 0 Å². The Balaban J connectivity index is 1.39. The van der Waals surface area contributed by atoms with Crippen molar-refractivity contribution in [3.8, 4) is 0 Å². The van der Waals surface area contributed by atoms with Crippen LogP contribution in [0.2, 0.25) is 0 Å². The Morgan fingerprint density at radius 3 is 2.52 bits per heavy atom. The summed E-state index contributed by atoms with van der Waals surface area (Å²) in [6, 6.07) is 14.5. The first-order valence-corrected chi connectivity index (χ1v) is 10.4. The van der Waals surface area contributed by atoms with Crippen molar-refractivity contribution in [1.82, 2.24) is 9.88 Å². The number of ether oxygens (including phenoxy) is 1. The summed E-state index contributed by atoms with van der Waals surface area (Å²) in [6.07, 6.45) is 5.87. The van der Waals surface area contributed by atoms with Gasteiger partial charge in [0.2, 0.25) is 0 Å². The number of benzene rings is 2. The lowest BCUT2D eigenvalue weighted by Gasteiger charge is -2.15. The van der Waals surface area contributed by atoms with Crippen LogP contribution >= 0.6 is 0 Å². The lowest BCUT2D eigenvalue weighted by molar-refractivity contribution is -0.119. The zero-order valence-corrected chi connectivity index (χ0v) is 17.4. The van der Waals surface area contributed by atoms with E-state index in [1.54, 1.807) is 30.5 Å². The summed E-state index contributed by atoms with van der Waals surface area (Å²) in [5.74, 6) is -1.29. The van der Waals surface area contributed by atoms with Crippen LogP contribution in [-0.2, 0) is 16.6 Å². The molecule has 1 aromatic heterocycles. The largest absolute Gasteiger partial charge is 0.452 e. The van der Waals surface area contributed by atoms with Crippen LogP contribution in [0.15, 0.2) is 54.7 Å². The Bertz CT molecular complexity index is 1130. The molecule has 0 bridgehead atoms. The fourth-order valence-electron chi connectivity index (χ4n) is 4.02. The average Bonchev–Trinajstić information content (AvgIpc) is 3.40. The van der Waals surface area contributed by atoms with E-state index in [4.69, 9.17) is 4.74 Å². The molecule has 1 heterocycles. The van der Waals surface area contributed by atoms with Gasteiger partial charge < -0.3 is 19.9 Å². The number of hydrogen-bond acceptors (Lipinski definition) is 4. The molecule has 0 aliphatic heterocycles. The molecule has 1 aliphatic carbocycles. The van der Waals surface area contributed by atoms with Gasteiger partial charge in [-0.3, -0.25) is 9.59 Å². The lowest BCUT2D eigenvalue weighted by atomic mass is 10.1. The zero-order valence-electron chi connectivity index (χ0n) is 17.4. The monoisotopic (exact) mass is 419 g/mol. The number of fused-ring (bicyclic) bond motifs is 1. The zero-order chi connectivity index (χ0) is 21.8. The number of amides is 2. The molecule has 31 heavy (non-hydrogen) atoms. The Kier molecular flexibility index (Phi) is 6.02. The first-order chi connectivity index (χ1) is 15.0. The molecule has 1 aliphatic rings. The molecular formula is C24H25N3O4. The predicted molar refractivity (Wildman–Crippen MR) is 118 cm³/mol. The van der Waals surface area contributed by atoms with E-state index in [-0.39, 0.29) is 11.9 Å². The van der Waals surface area contributed by atoms with Crippen molar-refractivity contribution in [3.63, 3.8) is 0 Å². The number of nitrogens with one attached hydrogen (secondary N) is 2. The molecule has 7 nitrogen and oxygen atoms in total. The molecule has 0 atom stereocenters. The van der Waals surface area contributed by atoms with Crippen molar-refractivity contribution < 1.29 is 19.1 Å². The smallest absolute Gasteiger partial charge is 0.340 e. The van der Waals surface area contributed by atoms with Crippen LogP contribution in [0.5, 0.6) is 0 Å². The predicted octanol–water partition coefficient (Wildman–Crippen LogP) is 3.65. The van der Waals surface area contributed by atoms with E-state index in [1.807, 2.05) is 35.9 Å². The number of anilines is 1. The van der Waals surface area contributed by atoms with Crippen LogP contribution in [0.3, 0.4) is 0 Å². The summed E-state index contributed by atoms with van der Waals surface area (Å²) in [5, 5.41) is 6.47. The molecule has 1 saturated carbocycles. The van der Waals surface area contributed by atoms with Gasteiger partial charge in [0.1, 0.15) is 0 Å². The van der Waals surface area contributed by atoms with Crippen LogP contribution < -0.4 is 10.6 Å². The van der Waals surface area contributed by atoms with Gasteiger partial charge in [-0.2, -0.15) is 0 Å². The van der Waals surface area contributed by atoms with E-state index in [0.717, 1.165) is 36.6 Å². The Labute approximate surface area is 180 Å². The second-order valence-corrected chi connectivity index (χ2v) is 7.80. The number of hydrogen-bond donors (Lipinski definition) is 2. The average molecular weight is 419 g/mol. The molecule has 4 rings (SSSR count). The topological polar surface area (TPSA) is 89.4 Å². The third kappa shape index (κ3) is 4.60. The maximum absolute atomic E-state index is 12.6. The Morgan fingerprint density at radius 1 is 1.00 bits per heavy atom. The maximum atomic E-state index is 12.6. The van der Waals surface area contributed by atoms with E-state index in [2.05, 4.69) is 10.6 Å². The van der Waals surface area contributed by atoms with Crippen molar-refractivity contribution in [2.45, 2.75) is 31.7 Å². The number of carbonyl (C=O) groups is 3. The number of aryl methyl sites for hydroxylation is 1. The van der Waals surface area contributed by atoms with Gasteiger partial charge in [0.15, 0.2) is 6.61 Å². The van der Waals surface area contributed by atoms with Gasteiger partial charge in [-0.1, -0.05) is 43.2 Å². The molecule has 0 unspecified atom stereocenters. The van der Waals surface area contributed by atoms with Gasteiger partial charge in [-0.05, 0) is 31.0 Å². The molecule has 0 spiro atoms. The second kappa shape index (κ2) is 9.04. The van der Waals surface area contributed by atoms with Gasteiger partial charge in [-0.25, -0.2) is 4.79 Å². The SMILES string of the molecule is Cn1cc(C(=O)OCC(=O)Nc2ccccc2C(=O)NC2CCCC2)c2ccccc21. The Morgan fingerprint density at radius 2 is 1.71 bits per heavy atom. The van der Waals surface area contributed by atoms with Crippen LogP contribution in [0.25, 0.3) is 10.9 Å². The van der Waals surface area contributed by atoms with Crippen LogP contribution in [0.4, 0.5) is 5.69 Å². The minimum atomic E-state index is -0.570. The highest BCUT2D eigenvalue weighted by Crippen LogP contribution is 2.22. The standard InChI is InChI=1S/C24H25N3O4/c1-27-14-19(17-10-5-7-13-21(17)27)24(30)31-15-22(28)26-20-12-6-4-11-18(20)23(29)25-16-8-2-3-9-16/h4-7,10-14,16H,2-3,8-9,15H2,1H3,(H,25,29)(H,26,28). The van der Waals surface area contributed by atoms with Crippen LogP contribution in [-0.4, -0.2) is 35.0 Å². The minimum Gasteiger partial charge on any atom is -0.452 e. The molecule has 1 fully saturated rings. The number of esters is 1. The highest BCUT2D eigenvalue weighted by Gasteiger charge is 2.21. The minimum absolute atomic E-state index is 0.179. The van der Waals surface area contributed by atoms with E-state index in [9.17, 15) is 14.4 Å².